The van der Waals surface area contributed by atoms with Gasteiger partial charge in [0, 0.05) is 9.90 Å². The predicted octanol–water partition coefficient (Wildman–Crippen LogP) is 3.78. The Hall–Kier alpha value is -1.56. The molecule has 2 aromatic rings. The van der Waals surface area contributed by atoms with Gasteiger partial charge in [0.2, 0.25) is 0 Å². The maximum absolute atomic E-state index is 11.7. The third-order valence-corrected chi connectivity index (χ3v) is 3.91. The van der Waals surface area contributed by atoms with Crippen molar-refractivity contribution in [2.24, 2.45) is 0 Å². The third kappa shape index (κ3) is 5.04. The van der Waals surface area contributed by atoms with Crippen LogP contribution in [0.3, 0.4) is 0 Å². The van der Waals surface area contributed by atoms with Crippen LogP contribution in [0.1, 0.15) is 4.88 Å². The molecule has 0 unspecified atom stereocenters. The van der Waals surface area contributed by atoms with Crippen LogP contribution in [0.2, 0.25) is 10.0 Å². The standard InChI is InChI=1S/C14H11Cl2NO3S/c15-9-3-4-11(16)12(6-9)17-13(18)8-20-14(19)7-10-2-1-5-21-10/h1-6H,7-8H2,(H,17,18). The number of carbonyl (C=O) groups excluding carboxylic acids is 2. The van der Waals surface area contributed by atoms with Crippen LogP contribution in [0.4, 0.5) is 5.69 Å². The zero-order valence-electron chi connectivity index (χ0n) is 10.8. The Morgan fingerprint density at radius 2 is 2.05 bits per heavy atom. The predicted molar refractivity (Wildman–Crippen MR) is 84.1 cm³/mol. The second-order valence-corrected chi connectivity index (χ2v) is 5.97. The fraction of sp³-hybridized carbons (Fsp3) is 0.143. The number of hydrogen-bond acceptors (Lipinski definition) is 4. The summed E-state index contributed by atoms with van der Waals surface area (Å²) >= 11 is 13.2. The highest BCUT2D eigenvalue weighted by molar-refractivity contribution is 7.10. The van der Waals surface area contributed by atoms with Gasteiger partial charge in [0.25, 0.3) is 5.91 Å². The van der Waals surface area contributed by atoms with Crippen molar-refractivity contribution in [2.75, 3.05) is 11.9 Å². The van der Waals surface area contributed by atoms with E-state index in [1.54, 1.807) is 12.1 Å². The summed E-state index contributed by atoms with van der Waals surface area (Å²) in [4.78, 5) is 24.1. The second kappa shape index (κ2) is 7.45. The van der Waals surface area contributed by atoms with Crippen molar-refractivity contribution in [1.29, 1.82) is 0 Å². The molecular weight excluding hydrogens is 333 g/mol. The lowest BCUT2D eigenvalue weighted by Crippen LogP contribution is -2.21. The molecule has 0 bridgehead atoms. The van der Waals surface area contributed by atoms with E-state index in [0.717, 1.165) is 4.88 Å². The third-order valence-electron chi connectivity index (χ3n) is 2.47. The second-order valence-electron chi connectivity index (χ2n) is 4.09. The number of benzene rings is 1. The topological polar surface area (TPSA) is 55.4 Å². The van der Waals surface area contributed by atoms with E-state index >= 15 is 0 Å². The number of ether oxygens (including phenoxy) is 1. The summed E-state index contributed by atoms with van der Waals surface area (Å²) in [6.07, 6.45) is 0.156. The minimum atomic E-state index is -0.473. The fourth-order valence-corrected chi connectivity index (χ4v) is 2.56. The van der Waals surface area contributed by atoms with Crippen LogP contribution in [-0.2, 0) is 20.7 Å². The highest BCUT2D eigenvalue weighted by Crippen LogP contribution is 2.25. The van der Waals surface area contributed by atoms with Crippen LogP contribution in [0.5, 0.6) is 0 Å². The molecule has 1 aromatic carbocycles. The monoisotopic (exact) mass is 343 g/mol. The molecule has 0 saturated carbocycles. The van der Waals surface area contributed by atoms with Gasteiger partial charge in [-0.05, 0) is 29.6 Å². The molecule has 0 aliphatic carbocycles. The zero-order chi connectivity index (χ0) is 15.2. The Morgan fingerprint density at radius 3 is 2.76 bits per heavy atom. The summed E-state index contributed by atoms with van der Waals surface area (Å²) in [6, 6.07) is 8.39. The molecule has 0 radical (unpaired) electrons. The summed E-state index contributed by atoms with van der Waals surface area (Å²) in [5.74, 6) is -0.927. The van der Waals surface area contributed by atoms with E-state index in [9.17, 15) is 9.59 Å². The highest BCUT2D eigenvalue weighted by atomic mass is 35.5. The number of nitrogens with one attached hydrogen (secondary N) is 1. The van der Waals surface area contributed by atoms with E-state index < -0.39 is 11.9 Å². The lowest BCUT2D eigenvalue weighted by molar-refractivity contribution is -0.146. The van der Waals surface area contributed by atoms with E-state index in [2.05, 4.69) is 5.32 Å². The lowest BCUT2D eigenvalue weighted by Gasteiger charge is -2.08. The van der Waals surface area contributed by atoms with Crippen molar-refractivity contribution in [3.63, 3.8) is 0 Å². The average Bonchev–Trinajstić information content (AvgIpc) is 2.93. The SMILES string of the molecule is O=C(COC(=O)Cc1cccs1)Nc1cc(Cl)ccc1Cl. The fourth-order valence-electron chi connectivity index (χ4n) is 1.53. The van der Waals surface area contributed by atoms with E-state index in [1.165, 1.54) is 17.4 Å². The molecule has 1 aromatic heterocycles. The van der Waals surface area contributed by atoms with Crippen molar-refractivity contribution >= 4 is 52.1 Å². The van der Waals surface area contributed by atoms with Crippen molar-refractivity contribution in [3.8, 4) is 0 Å². The van der Waals surface area contributed by atoms with Gasteiger partial charge in [-0.3, -0.25) is 9.59 Å². The van der Waals surface area contributed by atoms with Gasteiger partial charge in [-0.2, -0.15) is 0 Å². The van der Waals surface area contributed by atoms with Crippen LogP contribution in [0.25, 0.3) is 0 Å². The maximum Gasteiger partial charge on any atom is 0.311 e. The van der Waals surface area contributed by atoms with E-state index in [0.29, 0.717) is 15.7 Å². The van der Waals surface area contributed by atoms with Crippen molar-refractivity contribution in [2.45, 2.75) is 6.42 Å². The molecular formula is C14H11Cl2NO3S. The van der Waals surface area contributed by atoms with Gasteiger partial charge >= 0.3 is 5.97 Å². The van der Waals surface area contributed by atoms with Crippen LogP contribution in [0, 0.1) is 0 Å². The maximum atomic E-state index is 11.7. The number of carbonyl (C=O) groups is 2. The van der Waals surface area contributed by atoms with Crippen molar-refractivity contribution in [1.82, 2.24) is 0 Å². The number of hydrogen-bond donors (Lipinski definition) is 1. The normalized spacial score (nSPS) is 10.2. The molecule has 0 saturated heterocycles. The van der Waals surface area contributed by atoms with Crippen molar-refractivity contribution in [3.05, 3.63) is 50.6 Å². The molecule has 1 N–H and O–H groups in total. The Labute approximate surface area is 135 Å². The molecule has 110 valence electrons. The first-order chi connectivity index (χ1) is 10.0. The van der Waals surface area contributed by atoms with Gasteiger partial charge in [-0.1, -0.05) is 29.3 Å². The number of rotatable bonds is 5. The Balaban J connectivity index is 1.82. The lowest BCUT2D eigenvalue weighted by atomic mass is 10.3. The molecule has 21 heavy (non-hydrogen) atoms. The van der Waals surface area contributed by atoms with Crippen LogP contribution in [-0.4, -0.2) is 18.5 Å². The molecule has 0 aliphatic heterocycles. The zero-order valence-corrected chi connectivity index (χ0v) is 13.1. The quantitative estimate of drug-likeness (QED) is 0.840. The van der Waals surface area contributed by atoms with Gasteiger partial charge < -0.3 is 10.1 Å². The van der Waals surface area contributed by atoms with Gasteiger partial charge in [-0.15, -0.1) is 11.3 Å². The van der Waals surface area contributed by atoms with Crippen LogP contribution in [0.15, 0.2) is 35.7 Å². The Bertz CT molecular complexity index is 644. The van der Waals surface area contributed by atoms with Crippen molar-refractivity contribution < 1.29 is 14.3 Å². The number of thiophene rings is 1. The number of amides is 1. The first-order valence-electron chi connectivity index (χ1n) is 5.97. The van der Waals surface area contributed by atoms with Gasteiger partial charge in [-0.25, -0.2) is 0 Å². The summed E-state index contributed by atoms with van der Waals surface area (Å²) in [7, 11) is 0. The van der Waals surface area contributed by atoms with E-state index in [1.807, 2.05) is 17.5 Å². The molecule has 0 aliphatic rings. The largest absolute Gasteiger partial charge is 0.455 e. The minimum Gasteiger partial charge on any atom is -0.455 e. The average molecular weight is 344 g/mol. The molecule has 0 atom stereocenters. The smallest absolute Gasteiger partial charge is 0.311 e. The summed E-state index contributed by atoms with van der Waals surface area (Å²) in [6.45, 7) is -0.368. The first-order valence-corrected chi connectivity index (χ1v) is 7.61. The number of halogens is 2. The summed E-state index contributed by atoms with van der Waals surface area (Å²) in [5, 5.41) is 5.21. The molecule has 1 heterocycles. The van der Waals surface area contributed by atoms with Gasteiger partial charge in [0.05, 0.1) is 17.1 Å². The van der Waals surface area contributed by atoms with Gasteiger partial charge in [0.15, 0.2) is 6.61 Å². The molecule has 0 fully saturated rings. The molecule has 2 rings (SSSR count). The Morgan fingerprint density at radius 1 is 1.24 bits per heavy atom. The highest BCUT2D eigenvalue weighted by Gasteiger charge is 2.11. The van der Waals surface area contributed by atoms with E-state index in [-0.39, 0.29) is 13.0 Å². The Kier molecular flexibility index (Phi) is 5.61. The van der Waals surface area contributed by atoms with Gasteiger partial charge in [0.1, 0.15) is 0 Å². The van der Waals surface area contributed by atoms with Crippen LogP contribution >= 0.6 is 34.5 Å². The number of esters is 1. The molecule has 1 amide bonds. The van der Waals surface area contributed by atoms with E-state index in [4.69, 9.17) is 27.9 Å². The number of anilines is 1. The molecule has 0 spiro atoms. The van der Waals surface area contributed by atoms with Crippen LogP contribution < -0.4 is 5.32 Å². The summed E-state index contributed by atoms with van der Waals surface area (Å²) in [5.41, 5.74) is 0.378. The minimum absolute atomic E-state index is 0.156. The molecule has 4 nitrogen and oxygen atoms in total. The summed E-state index contributed by atoms with van der Waals surface area (Å²) < 4.78 is 4.90. The first kappa shape index (κ1) is 15.8. The molecule has 7 heteroatoms.